The molecule has 1 fully saturated rings. The van der Waals surface area contributed by atoms with E-state index in [1.165, 1.54) is 5.69 Å². The molecular formula is C16H17N5. The van der Waals surface area contributed by atoms with E-state index in [0.717, 1.165) is 37.6 Å². The summed E-state index contributed by atoms with van der Waals surface area (Å²) in [5.41, 5.74) is 2.19. The standard InChI is InChI=1S/C16H17N5/c1-2-4-14(5-3-1)19-10-12-20(13-11-19)16-7-6-15-17-8-9-21(15)18-16/h1-9H,10-13H2. The molecular weight excluding hydrogens is 262 g/mol. The molecule has 106 valence electrons. The van der Waals surface area contributed by atoms with Crippen LogP contribution in [-0.4, -0.2) is 40.8 Å². The SMILES string of the molecule is c1ccc(N2CCN(c3ccc4nccn4n3)CC2)cc1. The van der Waals surface area contributed by atoms with Gasteiger partial charge in [0, 0.05) is 44.3 Å². The fourth-order valence-electron chi connectivity index (χ4n) is 2.81. The predicted molar refractivity (Wildman–Crippen MR) is 83.9 cm³/mol. The van der Waals surface area contributed by atoms with Crippen LogP contribution in [0.3, 0.4) is 0 Å². The number of hydrogen-bond donors (Lipinski definition) is 0. The lowest BCUT2D eigenvalue weighted by Crippen LogP contribution is -2.46. The highest BCUT2D eigenvalue weighted by Gasteiger charge is 2.18. The van der Waals surface area contributed by atoms with Gasteiger partial charge < -0.3 is 9.80 Å². The minimum atomic E-state index is 0.890. The van der Waals surface area contributed by atoms with Crippen molar-refractivity contribution in [3.05, 3.63) is 54.9 Å². The minimum absolute atomic E-state index is 0.890. The highest BCUT2D eigenvalue weighted by atomic mass is 15.3. The van der Waals surface area contributed by atoms with Crippen molar-refractivity contribution in [1.82, 2.24) is 14.6 Å². The molecule has 5 nitrogen and oxygen atoms in total. The Balaban J connectivity index is 1.49. The van der Waals surface area contributed by atoms with Crippen molar-refractivity contribution >= 4 is 17.2 Å². The summed E-state index contributed by atoms with van der Waals surface area (Å²) < 4.78 is 1.83. The lowest BCUT2D eigenvalue weighted by atomic mass is 10.2. The molecule has 0 aliphatic carbocycles. The summed E-state index contributed by atoms with van der Waals surface area (Å²) in [6, 6.07) is 14.7. The summed E-state index contributed by atoms with van der Waals surface area (Å²) in [5.74, 6) is 1.02. The monoisotopic (exact) mass is 279 g/mol. The Labute approximate surface area is 123 Å². The Kier molecular flexibility index (Phi) is 2.96. The van der Waals surface area contributed by atoms with Gasteiger partial charge in [-0.2, -0.15) is 0 Å². The van der Waals surface area contributed by atoms with E-state index in [1.54, 1.807) is 6.20 Å². The van der Waals surface area contributed by atoms with E-state index in [1.807, 2.05) is 16.8 Å². The summed E-state index contributed by atoms with van der Waals surface area (Å²) in [6.07, 6.45) is 3.67. The maximum atomic E-state index is 4.62. The molecule has 4 rings (SSSR count). The van der Waals surface area contributed by atoms with Crippen LogP contribution in [0.15, 0.2) is 54.9 Å². The molecule has 0 atom stereocenters. The molecule has 0 amide bonds. The number of benzene rings is 1. The average molecular weight is 279 g/mol. The summed E-state index contributed by atoms with van der Waals surface area (Å²) >= 11 is 0. The van der Waals surface area contributed by atoms with Crippen molar-refractivity contribution in [3.8, 4) is 0 Å². The zero-order valence-corrected chi connectivity index (χ0v) is 11.8. The van der Waals surface area contributed by atoms with Crippen molar-refractivity contribution in [2.45, 2.75) is 0 Å². The maximum absolute atomic E-state index is 4.62. The van der Waals surface area contributed by atoms with Crippen LogP contribution in [-0.2, 0) is 0 Å². The fraction of sp³-hybridized carbons (Fsp3) is 0.250. The number of para-hydroxylation sites is 1. The lowest BCUT2D eigenvalue weighted by molar-refractivity contribution is 0.641. The second-order valence-electron chi connectivity index (χ2n) is 5.23. The van der Waals surface area contributed by atoms with E-state index < -0.39 is 0 Å². The molecule has 0 spiro atoms. The van der Waals surface area contributed by atoms with E-state index in [2.05, 4.69) is 56.3 Å². The molecule has 1 aliphatic rings. The van der Waals surface area contributed by atoms with Crippen LogP contribution in [0.5, 0.6) is 0 Å². The lowest BCUT2D eigenvalue weighted by Gasteiger charge is -2.36. The highest BCUT2D eigenvalue weighted by molar-refractivity contribution is 5.50. The van der Waals surface area contributed by atoms with Gasteiger partial charge in [0.25, 0.3) is 0 Å². The van der Waals surface area contributed by atoms with E-state index >= 15 is 0 Å². The number of fused-ring (bicyclic) bond motifs is 1. The van der Waals surface area contributed by atoms with Gasteiger partial charge in [-0.15, -0.1) is 5.10 Å². The van der Waals surface area contributed by atoms with Crippen LogP contribution < -0.4 is 9.80 Å². The molecule has 0 unspecified atom stereocenters. The van der Waals surface area contributed by atoms with Crippen LogP contribution in [0.25, 0.3) is 5.65 Å². The van der Waals surface area contributed by atoms with Crippen molar-refractivity contribution in [3.63, 3.8) is 0 Å². The van der Waals surface area contributed by atoms with Crippen molar-refractivity contribution < 1.29 is 0 Å². The van der Waals surface area contributed by atoms with Gasteiger partial charge in [0.1, 0.15) is 5.82 Å². The van der Waals surface area contributed by atoms with E-state index in [4.69, 9.17) is 0 Å². The van der Waals surface area contributed by atoms with E-state index in [9.17, 15) is 0 Å². The van der Waals surface area contributed by atoms with Crippen molar-refractivity contribution in [2.75, 3.05) is 36.0 Å². The Morgan fingerprint density at radius 3 is 2.38 bits per heavy atom. The molecule has 5 heteroatoms. The van der Waals surface area contributed by atoms with E-state index in [0.29, 0.717) is 0 Å². The number of imidazole rings is 1. The van der Waals surface area contributed by atoms with Gasteiger partial charge in [0.2, 0.25) is 0 Å². The van der Waals surface area contributed by atoms with Gasteiger partial charge in [0.05, 0.1) is 0 Å². The molecule has 3 aromatic rings. The highest BCUT2D eigenvalue weighted by Crippen LogP contribution is 2.19. The molecule has 0 bridgehead atoms. The molecule has 0 N–H and O–H groups in total. The van der Waals surface area contributed by atoms with Crippen molar-refractivity contribution in [2.24, 2.45) is 0 Å². The molecule has 1 aliphatic heterocycles. The van der Waals surface area contributed by atoms with Gasteiger partial charge in [-0.25, -0.2) is 9.50 Å². The Morgan fingerprint density at radius 2 is 1.57 bits per heavy atom. The molecule has 1 aromatic carbocycles. The molecule has 1 saturated heterocycles. The second-order valence-corrected chi connectivity index (χ2v) is 5.23. The normalized spacial score (nSPS) is 15.6. The first-order valence-corrected chi connectivity index (χ1v) is 7.25. The fourth-order valence-corrected chi connectivity index (χ4v) is 2.81. The maximum Gasteiger partial charge on any atom is 0.153 e. The zero-order chi connectivity index (χ0) is 14.1. The van der Waals surface area contributed by atoms with Crippen LogP contribution in [0.4, 0.5) is 11.5 Å². The van der Waals surface area contributed by atoms with Gasteiger partial charge >= 0.3 is 0 Å². The first-order chi connectivity index (χ1) is 10.4. The second kappa shape index (κ2) is 5.09. The summed E-state index contributed by atoms with van der Waals surface area (Å²) in [4.78, 5) is 8.99. The topological polar surface area (TPSA) is 36.7 Å². The van der Waals surface area contributed by atoms with Crippen molar-refractivity contribution in [1.29, 1.82) is 0 Å². The predicted octanol–water partition coefficient (Wildman–Crippen LogP) is 2.06. The third-order valence-electron chi connectivity index (χ3n) is 3.97. The smallest absolute Gasteiger partial charge is 0.153 e. The zero-order valence-electron chi connectivity index (χ0n) is 11.8. The number of hydrogen-bond acceptors (Lipinski definition) is 4. The Morgan fingerprint density at radius 1 is 0.810 bits per heavy atom. The number of anilines is 2. The first kappa shape index (κ1) is 12.2. The number of aromatic nitrogens is 3. The first-order valence-electron chi connectivity index (χ1n) is 7.25. The molecule has 0 radical (unpaired) electrons. The van der Waals surface area contributed by atoms with E-state index in [-0.39, 0.29) is 0 Å². The van der Waals surface area contributed by atoms with Crippen LogP contribution in [0, 0.1) is 0 Å². The third kappa shape index (κ3) is 2.31. The number of piperazine rings is 1. The van der Waals surface area contributed by atoms with Crippen LogP contribution >= 0.6 is 0 Å². The van der Waals surface area contributed by atoms with Gasteiger partial charge in [0.15, 0.2) is 5.65 Å². The number of nitrogens with zero attached hydrogens (tertiary/aromatic N) is 5. The van der Waals surface area contributed by atoms with Gasteiger partial charge in [-0.1, -0.05) is 18.2 Å². The van der Waals surface area contributed by atoms with Crippen LogP contribution in [0.1, 0.15) is 0 Å². The minimum Gasteiger partial charge on any atom is -0.368 e. The molecule has 0 saturated carbocycles. The summed E-state index contributed by atoms with van der Waals surface area (Å²) in [5, 5.41) is 4.62. The van der Waals surface area contributed by atoms with Crippen LogP contribution in [0.2, 0.25) is 0 Å². The Bertz CT molecular complexity index is 729. The summed E-state index contributed by atoms with van der Waals surface area (Å²) in [7, 11) is 0. The van der Waals surface area contributed by atoms with Gasteiger partial charge in [-0.05, 0) is 24.3 Å². The molecule has 3 heterocycles. The largest absolute Gasteiger partial charge is 0.368 e. The van der Waals surface area contributed by atoms with Gasteiger partial charge in [-0.3, -0.25) is 0 Å². The quantitative estimate of drug-likeness (QED) is 0.719. The summed E-state index contributed by atoms with van der Waals surface area (Å²) in [6.45, 7) is 4.02. The number of rotatable bonds is 2. The average Bonchev–Trinajstić information content (AvgIpc) is 3.03. The molecule has 21 heavy (non-hydrogen) atoms. The molecule has 2 aromatic heterocycles. The third-order valence-corrected chi connectivity index (χ3v) is 3.97. The Hall–Kier alpha value is -2.56.